The van der Waals surface area contributed by atoms with Crippen molar-refractivity contribution in [1.29, 1.82) is 0 Å². The molecule has 22 heavy (non-hydrogen) atoms. The predicted octanol–water partition coefficient (Wildman–Crippen LogP) is 4.43. The number of benzene rings is 1. The Labute approximate surface area is 133 Å². The molecule has 0 heterocycles. The van der Waals surface area contributed by atoms with Crippen LogP contribution < -0.4 is 0 Å². The molecule has 0 bridgehead atoms. The van der Waals surface area contributed by atoms with Crippen molar-refractivity contribution >= 4 is 0 Å². The zero-order chi connectivity index (χ0) is 16.6. The van der Waals surface area contributed by atoms with E-state index in [1.54, 1.807) is 12.2 Å². The Hall–Kier alpha value is -1.46. The summed E-state index contributed by atoms with van der Waals surface area (Å²) in [5.41, 5.74) is 0.906. The molecule has 0 saturated heterocycles. The standard InChI is InChI=1S/C18H26O4/c1-7-13-19-21-17(3,4)15-9-11-16(12-10-15)18(5,6)22-20-14-8-2/h7-12H,1-2,13-14H2,3-6H3. The molecule has 0 radical (unpaired) electrons. The highest BCUT2D eigenvalue weighted by Gasteiger charge is 2.26. The first-order valence-corrected chi connectivity index (χ1v) is 7.27. The lowest BCUT2D eigenvalue weighted by molar-refractivity contribution is -0.352. The maximum absolute atomic E-state index is 5.42. The lowest BCUT2D eigenvalue weighted by Gasteiger charge is -2.27. The van der Waals surface area contributed by atoms with Gasteiger partial charge in [-0.25, -0.2) is 19.6 Å². The molecule has 0 N–H and O–H groups in total. The fourth-order valence-corrected chi connectivity index (χ4v) is 1.83. The van der Waals surface area contributed by atoms with Crippen LogP contribution in [0.5, 0.6) is 0 Å². The molecule has 0 fully saturated rings. The monoisotopic (exact) mass is 306 g/mol. The molecule has 1 aromatic rings. The molecule has 0 spiro atoms. The highest BCUT2D eigenvalue weighted by atomic mass is 17.2. The molecular formula is C18H26O4. The minimum atomic E-state index is -0.550. The van der Waals surface area contributed by atoms with Gasteiger partial charge in [-0.2, -0.15) is 0 Å². The normalized spacial score (nSPS) is 12.2. The van der Waals surface area contributed by atoms with Crippen LogP contribution in [0.15, 0.2) is 49.6 Å². The Balaban J connectivity index is 2.76. The number of rotatable bonds is 10. The van der Waals surface area contributed by atoms with Crippen molar-refractivity contribution in [3.63, 3.8) is 0 Å². The van der Waals surface area contributed by atoms with Crippen molar-refractivity contribution < 1.29 is 19.6 Å². The average molecular weight is 306 g/mol. The minimum Gasteiger partial charge on any atom is -0.232 e. The summed E-state index contributed by atoms with van der Waals surface area (Å²) in [7, 11) is 0. The van der Waals surface area contributed by atoms with Gasteiger partial charge in [-0.3, -0.25) is 0 Å². The van der Waals surface area contributed by atoms with Crippen molar-refractivity contribution in [2.45, 2.75) is 38.9 Å². The van der Waals surface area contributed by atoms with E-state index in [1.165, 1.54) is 0 Å². The third-order valence-electron chi connectivity index (χ3n) is 3.18. The molecule has 1 rings (SSSR count). The van der Waals surface area contributed by atoms with E-state index in [0.29, 0.717) is 13.2 Å². The SMILES string of the molecule is C=CCOOC(C)(C)c1ccc(C(C)(C)OOCC=C)cc1. The lowest BCUT2D eigenvalue weighted by Crippen LogP contribution is -2.24. The summed E-state index contributed by atoms with van der Waals surface area (Å²) in [5.74, 6) is 0. The Bertz CT molecular complexity index is 429. The van der Waals surface area contributed by atoms with Gasteiger partial charge in [0.2, 0.25) is 0 Å². The third kappa shape index (κ3) is 5.39. The molecule has 4 nitrogen and oxygen atoms in total. The molecule has 122 valence electrons. The van der Waals surface area contributed by atoms with Crippen LogP contribution in [-0.4, -0.2) is 13.2 Å². The topological polar surface area (TPSA) is 36.9 Å². The quantitative estimate of drug-likeness (QED) is 0.277. The first-order chi connectivity index (χ1) is 10.3. The Morgan fingerprint density at radius 3 is 1.36 bits per heavy atom. The van der Waals surface area contributed by atoms with E-state index in [-0.39, 0.29) is 0 Å². The van der Waals surface area contributed by atoms with E-state index in [9.17, 15) is 0 Å². The summed E-state index contributed by atoms with van der Waals surface area (Å²) in [6.07, 6.45) is 3.28. The van der Waals surface area contributed by atoms with Crippen molar-refractivity contribution in [1.82, 2.24) is 0 Å². The van der Waals surface area contributed by atoms with Gasteiger partial charge < -0.3 is 0 Å². The van der Waals surface area contributed by atoms with Gasteiger partial charge in [-0.1, -0.05) is 36.4 Å². The molecule has 1 aromatic carbocycles. The Morgan fingerprint density at radius 2 is 1.09 bits per heavy atom. The Kier molecular flexibility index (Phi) is 6.97. The lowest BCUT2D eigenvalue weighted by atomic mass is 9.92. The predicted molar refractivity (Wildman–Crippen MR) is 87.0 cm³/mol. The van der Waals surface area contributed by atoms with Gasteiger partial charge in [0.15, 0.2) is 0 Å². The van der Waals surface area contributed by atoms with Gasteiger partial charge in [0.05, 0.1) is 0 Å². The number of hydrogen-bond acceptors (Lipinski definition) is 4. The molecular weight excluding hydrogens is 280 g/mol. The molecule has 0 amide bonds. The first-order valence-electron chi connectivity index (χ1n) is 7.27. The van der Waals surface area contributed by atoms with E-state index in [2.05, 4.69) is 13.2 Å². The summed E-state index contributed by atoms with van der Waals surface area (Å²) in [4.78, 5) is 21.0. The smallest absolute Gasteiger partial charge is 0.123 e. The van der Waals surface area contributed by atoms with E-state index in [0.717, 1.165) is 11.1 Å². The average Bonchev–Trinajstić information content (AvgIpc) is 2.48. The van der Waals surface area contributed by atoms with E-state index in [4.69, 9.17) is 19.6 Å². The van der Waals surface area contributed by atoms with Gasteiger partial charge in [0.25, 0.3) is 0 Å². The zero-order valence-electron chi connectivity index (χ0n) is 13.9. The van der Waals surface area contributed by atoms with E-state index >= 15 is 0 Å². The molecule has 0 aliphatic heterocycles. The van der Waals surface area contributed by atoms with Gasteiger partial charge >= 0.3 is 0 Å². The van der Waals surface area contributed by atoms with Crippen molar-refractivity contribution in [3.05, 3.63) is 60.7 Å². The fourth-order valence-electron chi connectivity index (χ4n) is 1.83. The van der Waals surface area contributed by atoms with E-state index in [1.807, 2.05) is 52.0 Å². The Morgan fingerprint density at radius 1 is 0.773 bits per heavy atom. The highest BCUT2D eigenvalue weighted by Crippen LogP contribution is 2.29. The first kappa shape index (κ1) is 18.6. The van der Waals surface area contributed by atoms with Crippen molar-refractivity contribution in [2.75, 3.05) is 13.2 Å². The van der Waals surface area contributed by atoms with Crippen molar-refractivity contribution in [3.8, 4) is 0 Å². The maximum atomic E-state index is 5.42. The maximum Gasteiger partial charge on any atom is 0.123 e. The third-order valence-corrected chi connectivity index (χ3v) is 3.18. The van der Waals surface area contributed by atoms with Crippen molar-refractivity contribution in [2.24, 2.45) is 0 Å². The summed E-state index contributed by atoms with van der Waals surface area (Å²) < 4.78 is 0. The van der Waals surface area contributed by atoms with Crippen LogP contribution in [0.3, 0.4) is 0 Å². The molecule has 0 atom stereocenters. The van der Waals surface area contributed by atoms with Crippen LogP contribution in [0.1, 0.15) is 38.8 Å². The second-order valence-corrected chi connectivity index (χ2v) is 5.91. The molecule has 0 aliphatic rings. The minimum absolute atomic E-state index is 0.350. The van der Waals surface area contributed by atoms with Crippen LogP contribution in [0.2, 0.25) is 0 Å². The highest BCUT2D eigenvalue weighted by molar-refractivity contribution is 5.29. The van der Waals surface area contributed by atoms with Gasteiger partial charge in [0.1, 0.15) is 24.4 Å². The number of hydrogen-bond donors (Lipinski definition) is 0. The van der Waals surface area contributed by atoms with Crippen LogP contribution >= 0.6 is 0 Å². The molecule has 0 saturated carbocycles. The second-order valence-electron chi connectivity index (χ2n) is 5.91. The van der Waals surface area contributed by atoms with E-state index < -0.39 is 11.2 Å². The summed E-state index contributed by atoms with van der Waals surface area (Å²) in [6, 6.07) is 7.97. The molecule has 0 unspecified atom stereocenters. The molecule has 0 aromatic heterocycles. The largest absolute Gasteiger partial charge is 0.232 e. The van der Waals surface area contributed by atoms with Gasteiger partial charge in [-0.15, -0.1) is 13.2 Å². The van der Waals surface area contributed by atoms with Crippen LogP contribution in [0, 0.1) is 0 Å². The molecule has 4 heteroatoms. The second kappa shape index (κ2) is 8.25. The van der Waals surface area contributed by atoms with Gasteiger partial charge in [-0.05, 0) is 38.8 Å². The van der Waals surface area contributed by atoms with Crippen LogP contribution in [0.25, 0.3) is 0 Å². The zero-order valence-corrected chi connectivity index (χ0v) is 13.9. The summed E-state index contributed by atoms with van der Waals surface area (Å²) in [5, 5.41) is 0. The van der Waals surface area contributed by atoms with Gasteiger partial charge in [0, 0.05) is 0 Å². The van der Waals surface area contributed by atoms with Crippen LogP contribution in [-0.2, 0) is 30.8 Å². The van der Waals surface area contributed by atoms with Crippen LogP contribution in [0.4, 0.5) is 0 Å². The molecule has 0 aliphatic carbocycles. The summed E-state index contributed by atoms with van der Waals surface area (Å²) in [6.45, 7) is 15.6. The fraction of sp³-hybridized carbons (Fsp3) is 0.444. The summed E-state index contributed by atoms with van der Waals surface area (Å²) >= 11 is 0.